The third kappa shape index (κ3) is 6.79. The van der Waals surface area contributed by atoms with Crippen LogP contribution in [0.3, 0.4) is 0 Å². The van der Waals surface area contributed by atoms with Gasteiger partial charge in [-0.05, 0) is 0 Å². The van der Waals surface area contributed by atoms with E-state index < -0.39 is 5.91 Å². The van der Waals surface area contributed by atoms with Crippen molar-refractivity contribution in [2.45, 2.75) is 0 Å². The molecule has 0 spiro atoms. The predicted octanol–water partition coefficient (Wildman–Crippen LogP) is -0.298. The summed E-state index contributed by atoms with van der Waals surface area (Å²) >= 11 is 0. The number of nitrogens with zero attached hydrogens (tertiary/aromatic N) is 1. The van der Waals surface area contributed by atoms with Crippen molar-refractivity contribution in [2.24, 2.45) is 5.73 Å². The molecule has 0 rings (SSSR count). The molecule has 0 unspecified atom stereocenters. The molecule has 0 heterocycles. The highest BCUT2D eigenvalue weighted by Gasteiger charge is 1.76. The monoisotopic (exact) mass is 126 g/mol. The Hall–Kier alpha value is -1.21. The summed E-state index contributed by atoms with van der Waals surface area (Å²) in [6.07, 6.45) is 2.80. The van der Waals surface area contributed by atoms with Gasteiger partial charge < -0.3 is 10.6 Å². The SMILES string of the molecule is CN(C)C=C=CC(N)=O. The second-order valence-electron chi connectivity index (χ2n) is 1.81. The zero-order valence-corrected chi connectivity index (χ0v) is 5.59. The Morgan fingerprint density at radius 3 is 2.56 bits per heavy atom. The van der Waals surface area contributed by atoms with Gasteiger partial charge in [0.15, 0.2) is 0 Å². The molecule has 0 bridgehead atoms. The molecule has 3 heteroatoms. The van der Waals surface area contributed by atoms with Crippen molar-refractivity contribution in [3.8, 4) is 0 Å². The quantitative estimate of drug-likeness (QED) is 0.408. The van der Waals surface area contributed by atoms with Crippen molar-refractivity contribution in [3.05, 3.63) is 18.0 Å². The Morgan fingerprint density at radius 2 is 2.22 bits per heavy atom. The summed E-state index contributed by atoms with van der Waals surface area (Å²) < 4.78 is 0. The summed E-state index contributed by atoms with van der Waals surface area (Å²) in [5.74, 6) is -0.479. The lowest BCUT2D eigenvalue weighted by molar-refractivity contribution is -0.113. The first-order valence-electron chi connectivity index (χ1n) is 2.51. The van der Waals surface area contributed by atoms with E-state index in [0.717, 1.165) is 0 Å². The van der Waals surface area contributed by atoms with Gasteiger partial charge in [-0.2, -0.15) is 0 Å². The molecule has 9 heavy (non-hydrogen) atoms. The molecule has 0 atom stereocenters. The van der Waals surface area contributed by atoms with E-state index in [2.05, 4.69) is 5.73 Å². The van der Waals surface area contributed by atoms with Gasteiger partial charge in [0.1, 0.15) is 0 Å². The first-order chi connectivity index (χ1) is 4.13. The van der Waals surface area contributed by atoms with Crippen molar-refractivity contribution >= 4 is 5.91 Å². The maximum absolute atomic E-state index is 10.0. The summed E-state index contributed by atoms with van der Waals surface area (Å²) in [5.41, 5.74) is 7.37. The van der Waals surface area contributed by atoms with E-state index >= 15 is 0 Å². The Labute approximate surface area is 54.4 Å². The standard InChI is InChI=1S/C6H10N2O/c1-8(2)5-3-4-6(7)9/h4-5H,1-2H3,(H2,7,9). The predicted molar refractivity (Wildman–Crippen MR) is 35.5 cm³/mol. The normalized spacial score (nSPS) is 7.33. The van der Waals surface area contributed by atoms with E-state index in [1.165, 1.54) is 6.08 Å². The van der Waals surface area contributed by atoms with E-state index in [4.69, 9.17) is 5.73 Å². The van der Waals surface area contributed by atoms with Gasteiger partial charge in [-0.3, -0.25) is 4.79 Å². The van der Waals surface area contributed by atoms with Crippen molar-refractivity contribution in [1.29, 1.82) is 0 Å². The summed E-state index contributed by atoms with van der Waals surface area (Å²) in [6, 6.07) is 0. The van der Waals surface area contributed by atoms with Crippen molar-refractivity contribution < 1.29 is 4.79 Å². The minimum absolute atomic E-state index is 0.479. The topological polar surface area (TPSA) is 46.3 Å². The van der Waals surface area contributed by atoms with Crippen molar-refractivity contribution in [1.82, 2.24) is 4.90 Å². The van der Waals surface area contributed by atoms with E-state index in [1.54, 1.807) is 11.1 Å². The number of hydrogen-bond donors (Lipinski definition) is 1. The second kappa shape index (κ2) is 3.75. The van der Waals surface area contributed by atoms with Crippen LogP contribution >= 0.6 is 0 Å². The number of carbonyl (C=O) groups is 1. The largest absolute Gasteiger partial charge is 0.377 e. The Kier molecular flexibility index (Phi) is 3.25. The minimum atomic E-state index is -0.479. The summed E-state index contributed by atoms with van der Waals surface area (Å²) in [7, 11) is 3.67. The molecule has 0 aliphatic rings. The lowest BCUT2D eigenvalue weighted by Gasteiger charge is -1.98. The first-order valence-corrected chi connectivity index (χ1v) is 2.51. The molecular formula is C6H10N2O. The summed E-state index contributed by atoms with van der Waals surface area (Å²) in [5, 5.41) is 0. The smallest absolute Gasteiger partial charge is 0.249 e. The van der Waals surface area contributed by atoms with Gasteiger partial charge in [-0.15, -0.1) is 0 Å². The molecule has 50 valence electrons. The highest BCUT2D eigenvalue weighted by Crippen LogP contribution is 1.71. The lowest BCUT2D eigenvalue weighted by atomic mass is 10.6. The summed E-state index contributed by atoms with van der Waals surface area (Å²) in [4.78, 5) is 11.8. The van der Waals surface area contributed by atoms with Crippen LogP contribution in [0.1, 0.15) is 0 Å². The molecule has 0 aromatic rings. The molecule has 0 aromatic carbocycles. The highest BCUT2D eigenvalue weighted by molar-refractivity contribution is 5.85. The van der Waals surface area contributed by atoms with Gasteiger partial charge in [0, 0.05) is 26.4 Å². The Balaban J connectivity index is 3.82. The number of rotatable bonds is 2. The van der Waals surface area contributed by atoms with Crippen LogP contribution in [0.15, 0.2) is 18.0 Å². The van der Waals surface area contributed by atoms with Gasteiger partial charge in [0.05, 0.1) is 0 Å². The Morgan fingerprint density at radius 1 is 1.67 bits per heavy atom. The molecule has 1 amide bonds. The number of hydrogen-bond acceptors (Lipinski definition) is 2. The van der Waals surface area contributed by atoms with E-state index in [-0.39, 0.29) is 0 Å². The third-order valence-electron chi connectivity index (χ3n) is 0.558. The maximum atomic E-state index is 10.0. The molecule has 2 N–H and O–H groups in total. The van der Waals surface area contributed by atoms with Gasteiger partial charge in [-0.1, -0.05) is 5.73 Å². The fourth-order valence-corrected chi connectivity index (χ4v) is 0.268. The van der Waals surface area contributed by atoms with Gasteiger partial charge in [0.2, 0.25) is 5.91 Å². The average molecular weight is 126 g/mol. The molecule has 0 aliphatic carbocycles. The van der Waals surface area contributed by atoms with Crippen LogP contribution in [-0.2, 0) is 4.79 Å². The van der Waals surface area contributed by atoms with Crippen molar-refractivity contribution in [2.75, 3.05) is 14.1 Å². The lowest BCUT2D eigenvalue weighted by Crippen LogP contribution is -2.05. The molecule has 0 saturated carbocycles. The average Bonchev–Trinajstić information content (AvgIpc) is 1.63. The van der Waals surface area contributed by atoms with Crippen LogP contribution in [0.4, 0.5) is 0 Å². The highest BCUT2D eigenvalue weighted by atomic mass is 16.1. The molecule has 3 nitrogen and oxygen atoms in total. The van der Waals surface area contributed by atoms with Crippen LogP contribution in [-0.4, -0.2) is 24.9 Å². The van der Waals surface area contributed by atoms with E-state index in [0.29, 0.717) is 0 Å². The fraction of sp³-hybridized carbons (Fsp3) is 0.333. The van der Waals surface area contributed by atoms with E-state index in [9.17, 15) is 4.79 Å². The molecule has 0 radical (unpaired) electrons. The van der Waals surface area contributed by atoms with Crippen LogP contribution in [0.2, 0.25) is 0 Å². The van der Waals surface area contributed by atoms with Crippen LogP contribution < -0.4 is 5.73 Å². The fourth-order valence-electron chi connectivity index (χ4n) is 0.268. The van der Waals surface area contributed by atoms with Crippen LogP contribution in [0, 0.1) is 0 Å². The third-order valence-corrected chi connectivity index (χ3v) is 0.558. The van der Waals surface area contributed by atoms with Crippen LogP contribution in [0.25, 0.3) is 0 Å². The number of nitrogens with two attached hydrogens (primary N) is 1. The molecule has 0 aromatic heterocycles. The second-order valence-corrected chi connectivity index (χ2v) is 1.81. The zero-order valence-electron chi connectivity index (χ0n) is 5.59. The number of carbonyl (C=O) groups excluding carboxylic acids is 1. The molecule has 0 aliphatic heterocycles. The number of primary amides is 1. The molecular weight excluding hydrogens is 116 g/mol. The zero-order chi connectivity index (χ0) is 7.28. The molecule has 0 fully saturated rings. The minimum Gasteiger partial charge on any atom is -0.377 e. The first kappa shape index (κ1) is 7.79. The van der Waals surface area contributed by atoms with Crippen LogP contribution in [0.5, 0.6) is 0 Å². The number of amides is 1. The van der Waals surface area contributed by atoms with Crippen molar-refractivity contribution in [3.63, 3.8) is 0 Å². The maximum Gasteiger partial charge on any atom is 0.249 e. The Bertz CT molecular complexity index is 154. The van der Waals surface area contributed by atoms with E-state index in [1.807, 2.05) is 14.1 Å². The molecule has 0 saturated heterocycles. The van der Waals surface area contributed by atoms with Gasteiger partial charge >= 0.3 is 0 Å². The van der Waals surface area contributed by atoms with Gasteiger partial charge in [0.25, 0.3) is 0 Å². The van der Waals surface area contributed by atoms with Gasteiger partial charge in [-0.25, -0.2) is 0 Å². The summed E-state index contributed by atoms with van der Waals surface area (Å²) in [6.45, 7) is 0.